The molecular weight excluding hydrogens is 148 g/mol. The average molecular weight is 166 g/mol. The van der Waals surface area contributed by atoms with E-state index in [0.29, 0.717) is 0 Å². The minimum atomic E-state index is 0.239. The van der Waals surface area contributed by atoms with Gasteiger partial charge in [-0.25, -0.2) is 0 Å². The Hall–Kier alpha value is -0.0800. The standard InChI is InChI=1S/C10H18N2/c1-12-8-2-7-3-9(12)6-10(11,4-7)5-8/h7-9H,2-6,11H2,1H3/t7?,8-,9+,10?. The first-order valence-corrected chi connectivity index (χ1v) is 5.17. The molecule has 0 radical (unpaired) electrons. The zero-order valence-corrected chi connectivity index (χ0v) is 7.79. The molecule has 2 aliphatic carbocycles. The molecule has 68 valence electrons. The summed E-state index contributed by atoms with van der Waals surface area (Å²) in [5.41, 5.74) is 6.60. The minimum Gasteiger partial charge on any atom is -0.325 e. The summed E-state index contributed by atoms with van der Waals surface area (Å²) in [5, 5.41) is 0. The highest BCUT2D eigenvalue weighted by atomic mass is 15.2. The number of hydrogen-bond acceptors (Lipinski definition) is 2. The molecule has 2 N–H and O–H groups in total. The Kier molecular flexibility index (Phi) is 1.25. The minimum absolute atomic E-state index is 0.239. The zero-order valence-electron chi connectivity index (χ0n) is 7.79. The maximum Gasteiger partial charge on any atom is 0.0186 e. The third-order valence-corrected chi connectivity index (χ3v) is 4.34. The smallest absolute Gasteiger partial charge is 0.0186 e. The van der Waals surface area contributed by atoms with Gasteiger partial charge in [-0.15, -0.1) is 0 Å². The maximum atomic E-state index is 6.36. The topological polar surface area (TPSA) is 29.3 Å². The Labute approximate surface area is 74.1 Å². The van der Waals surface area contributed by atoms with E-state index in [2.05, 4.69) is 11.9 Å². The summed E-state index contributed by atoms with van der Waals surface area (Å²) < 4.78 is 0. The van der Waals surface area contributed by atoms with E-state index in [1.54, 1.807) is 0 Å². The van der Waals surface area contributed by atoms with Gasteiger partial charge >= 0.3 is 0 Å². The lowest BCUT2D eigenvalue weighted by molar-refractivity contribution is -0.0561. The van der Waals surface area contributed by atoms with E-state index in [1.807, 2.05) is 0 Å². The Morgan fingerprint density at radius 1 is 1.17 bits per heavy atom. The van der Waals surface area contributed by atoms with Crippen LogP contribution in [0.25, 0.3) is 0 Å². The Morgan fingerprint density at radius 2 is 1.75 bits per heavy atom. The third kappa shape index (κ3) is 0.826. The van der Waals surface area contributed by atoms with Crippen molar-refractivity contribution in [3.05, 3.63) is 0 Å². The van der Waals surface area contributed by atoms with Gasteiger partial charge in [0.15, 0.2) is 0 Å². The lowest BCUT2D eigenvalue weighted by atomic mass is 9.60. The van der Waals surface area contributed by atoms with Gasteiger partial charge in [-0.3, -0.25) is 0 Å². The van der Waals surface area contributed by atoms with E-state index >= 15 is 0 Å². The predicted octanol–water partition coefficient (Wildman–Crippen LogP) is 0.960. The molecule has 4 fully saturated rings. The fourth-order valence-corrected chi connectivity index (χ4v) is 3.88. The molecule has 0 aromatic carbocycles. The average Bonchev–Trinajstić information content (AvgIpc) is 1.96. The number of nitrogens with two attached hydrogens (primary N) is 1. The lowest BCUT2D eigenvalue weighted by Gasteiger charge is -2.59. The van der Waals surface area contributed by atoms with Gasteiger partial charge in [0.25, 0.3) is 0 Å². The molecule has 0 aromatic rings. The lowest BCUT2D eigenvalue weighted by Crippen LogP contribution is -2.66. The van der Waals surface area contributed by atoms with Crippen LogP contribution in [0.15, 0.2) is 0 Å². The molecule has 2 saturated heterocycles. The van der Waals surface area contributed by atoms with Crippen molar-refractivity contribution in [2.75, 3.05) is 7.05 Å². The van der Waals surface area contributed by atoms with Gasteiger partial charge in [-0.05, 0) is 45.1 Å². The second-order valence-electron chi connectivity index (χ2n) is 5.29. The van der Waals surface area contributed by atoms with Gasteiger partial charge in [0.2, 0.25) is 0 Å². The van der Waals surface area contributed by atoms with Gasteiger partial charge in [0, 0.05) is 17.6 Å². The van der Waals surface area contributed by atoms with Gasteiger partial charge in [-0.1, -0.05) is 0 Å². The Morgan fingerprint density at radius 3 is 2.25 bits per heavy atom. The SMILES string of the molecule is CN1[C@@H]2CC3C[C@H]1CC(N)(C3)C2. The molecule has 2 unspecified atom stereocenters. The molecule has 0 aromatic heterocycles. The Bertz CT molecular complexity index is 198. The molecule has 4 bridgehead atoms. The number of rotatable bonds is 0. The first-order valence-electron chi connectivity index (χ1n) is 5.17. The van der Waals surface area contributed by atoms with E-state index in [4.69, 9.17) is 5.73 Å². The van der Waals surface area contributed by atoms with Crippen LogP contribution in [-0.4, -0.2) is 29.6 Å². The highest BCUT2D eigenvalue weighted by Crippen LogP contribution is 2.49. The number of nitrogens with zero attached hydrogens (tertiary/aromatic N) is 1. The van der Waals surface area contributed by atoms with E-state index < -0.39 is 0 Å². The monoisotopic (exact) mass is 166 g/mol. The molecule has 2 heteroatoms. The van der Waals surface area contributed by atoms with Crippen molar-refractivity contribution in [3.8, 4) is 0 Å². The normalized spacial score (nSPS) is 58.0. The molecule has 4 rings (SSSR count). The van der Waals surface area contributed by atoms with Gasteiger partial charge < -0.3 is 10.6 Å². The maximum absolute atomic E-state index is 6.36. The molecule has 4 aliphatic rings. The predicted molar refractivity (Wildman–Crippen MR) is 48.8 cm³/mol. The molecule has 0 amide bonds. The van der Waals surface area contributed by atoms with Crippen molar-refractivity contribution in [1.82, 2.24) is 4.90 Å². The van der Waals surface area contributed by atoms with Crippen molar-refractivity contribution >= 4 is 0 Å². The first kappa shape index (κ1) is 7.34. The Balaban J connectivity index is 1.95. The molecule has 2 saturated carbocycles. The van der Waals surface area contributed by atoms with Crippen molar-refractivity contribution in [2.24, 2.45) is 11.7 Å². The van der Waals surface area contributed by atoms with Crippen LogP contribution in [-0.2, 0) is 0 Å². The second-order valence-corrected chi connectivity index (χ2v) is 5.29. The molecule has 2 aliphatic heterocycles. The van der Waals surface area contributed by atoms with E-state index in [1.165, 1.54) is 32.1 Å². The number of piperidine rings is 2. The van der Waals surface area contributed by atoms with E-state index in [0.717, 1.165) is 18.0 Å². The molecule has 4 atom stereocenters. The largest absolute Gasteiger partial charge is 0.325 e. The fourth-order valence-electron chi connectivity index (χ4n) is 3.88. The van der Waals surface area contributed by atoms with Gasteiger partial charge in [-0.2, -0.15) is 0 Å². The van der Waals surface area contributed by atoms with Crippen molar-refractivity contribution in [2.45, 2.75) is 49.7 Å². The van der Waals surface area contributed by atoms with Crippen LogP contribution in [0.5, 0.6) is 0 Å². The summed E-state index contributed by atoms with van der Waals surface area (Å²) in [4.78, 5) is 2.58. The summed E-state index contributed by atoms with van der Waals surface area (Å²) in [6.07, 6.45) is 6.68. The molecule has 2 heterocycles. The zero-order chi connectivity index (χ0) is 8.34. The molecule has 12 heavy (non-hydrogen) atoms. The summed E-state index contributed by atoms with van der Waals surface area (Å²) in [6, 6.07) is 1.64. The molecule has 0 spiro atoms. The van der Waals surface area contributed by atoms with Crippen LogP contribution in [0.2, 0.25) is 0 Å². The quantitative estimate of drug-likeness (QED) is 0.581. The first-order chi connectivity index (χ1) is 5.66. The number of hydrogen-bond donors (Lipinski definition) is 1. The highest BCUT2D eigenvalue weighted by molar-refractivity contribution is 5.09. The van der Waals surface area contributed by atoms with Crippen LogP contribution in [0.1, 0.15) is 32.1 Å². The van der Waals surface area contributed by atoms with Crippen LogP contribution in [0.3, 0.4) is 0 Å². The van der Waals surface area contributed by atoms with Crippen molar-refractivity contribution in [3.63, 3.8) is 0 Å². The fraction of sp³-hybridized carbons (Fsp3) is 1.00. The van der Waals surface area contributed by atoms with Gasteiger partial charge in [0.1, 0.15) is 0 Å². The van der Waals surface area contributed by atoms with Crippen molar-refractivity contribution < 1.29 is 0 Å². The van der Waals surface area contributed by atoms with E-state index in [-0.39, 0.29) is 5.54 Å². The van der Waals surface area contributed by atoms with Crippen LogP contribution >= 0.6 is 0 Å². The van der Waals surface area contributed by atoms with E-state index in [9.17, 15) is 0 Å². The third-order valence-electron chi connectivity index (χ3n) is 4.34. The summed E-state index contributed by atoms with van der Waals surface area (Å²) in [6.45, 7) is 0. The van der Waals surface area contributed by atoms with Crippen LogP contribution in [0.4, 0.5) is 0 Å². The highest BCUT2D eigenvalue weighted by Gasteiger charge is 2.51. The second kappa shape index (κ2) is 2.05. The molecule has 2 nitrogen and oxygen atoms in total. The van der Waals surface area contributed by atoms with Crippen LogP contribution < -0.4 is 5.73 Å². The van der Waals surface area contributed by atoms with Crippen molar-refractivity contribution in [1.29, 1.82) is 0 Å². The van der Waals surface area contributed by atoms with Gasteiger partial charge in [0.05, 0.1) is 0 Å². The summed E-state index contributed by atoms with van der Waals surface area (Å²) in [5.74, 6) is 0.962. The molecular formula is C10H18N2. The van der Waals surface area contributed by atoms with Crippen LogP contribution in [0, 0.1) is 5.92 Å². The summed E-state index contributed by atoms with van der Waals surface area (Å²) >= 11 is 0. The summed E-state index contributed by atoms with van der Waals surface area (Å²) in [7, 11) is 2.29.